The summed E-state index contributed by atoms with van der Waals surface area (Å²) in [6.45, 7) is 0. The maximum atomic E-state index is 13.2. The molecule has 5 rings (SSSR count). The van der Waals surface area contributed by atoms with Crippen LogP contribution in [0.4, 0.5) is 0 Å². The predicted molar refractivity (Wildman–Crippen MR) is 84.3 cm³/mol. The van der Waals surface area contributed by atoms with Crippen LogP contribution in [-0.2, 0) is 13.6 Å². The van der Waals surface area contributed by atoms with Gasteiger partial charge in [0, 0.05) is 7.11 Å². The first-order valence-electron chi connectivity index (χ1n) is 8.21. The van der Waals surface area contributed by atoms with Crippen molar-refractivity contribution in [1.29, 1.82) is 0 Å². The second-order valence-electron chi connectivity index (χ2n) is 7.20. The molecule has 5 heteroatoms. The van der Waals surface area contributed by atoms with E-state index in [0.29, 0.717) is 17.1 Å². The number of rotatable bonds is 4. The third-order valence-electron chi connectivity index (χ3n) is 5.81. The molecule has 1 aromatic rings. The van der Waals surface area contributed by atoms with E-state index >= 15 is 0 Å². The van der Waals surface area contributed by atoms with E-state index in [2.05, 4.69) is 0 Å². The van der Waals surface area contributed by atoms with Gasteiger partial charge < -0.3 is 14.2 Å². The first-order valence-corrected chi connectivity index (χ1v) is 9.75. The highest BCUT2D eigenvalue weighted by molar-refractivity contribution is 7.62. The largest absolute Gasteiger partial charge is 0.508 e. The summed E-state index contributed by atoms with van der Waals surface area (Å²) in [6.07, 6.45) is 6.33. The summed E-state index contributed by atoms with van der Waals surface area (Å²) in [4.78, 5) is 0. The van der Waals surface area contributed by atoms with E-state index in [-0.39, 0.29) is 11.9 Å². The van der Waals surface area contributed by atoms with Crippen LogP contribution in [0.2, 0.25) is 0 Å². The van der Waals surface area contributed by atoms with Gasteiger partial charge in [-0.1, -0.05) is 0 Å². The summed E-state index contributed by atoms with van der Waals surface area (Å²) in [5, 5.41) is 9.94. The molecule has 4 saturated carbocycles. The maximum absolute atomic E-state index is 13.2. The smallest absolute Gasteiger partial charge is 0.361 e. The quantitative estimate of drug-likeness (QED) is 0.859. The van der Waals surface area contributed by atoms with Gasteiger partial charge in [-0.25, -0.2) is 0 Å². The number of aromatic hydroxyl groups is 1. The molecule has 0 heterocycles. The van der Waals surface area contributed by atoms with Gasteiger partial charge in [0.2, 0.25) is 0 Å². The fraction of sp³-hybridized carbons (Fsp3) is 0.647. The van der Waals surface area contributed by atoms with Gasteiger partial charge in [0.15, 0.2) is 0 Å². The second-order valence-corrected chi connectivity index (χ2v) is 9.28. The molecule has 4 aliphatic rings. The molecule has 1 atom stereocenters. The Bertz CT molecular complexity index is 569. The molecule has 4 nitrogen and oxygen atoms in total. The van der Waals surface area contributed by atoms with Gasteiger partial charge in [-0.15, -0.1) is 0 Å². The zero-order valence-electron chi connectivity index (χ0n) is 12.9. The van der Waals surface area contributed by atoms with Crippen LogP contribution in [0, 0.1) is 23.7 Å². The molecule has 0 aliphatic heterocycles. The first kappa shape index (κ1) is 14.7. The van der Waals surface area contributed by atoms with Crippen molar-refractivity contribution in [2.24, 2.45) is 23.7 Å². The Hall–Kier alpha value is -0.830. The summed E-state index contributed by atoms with van der Waals surface area (Å²) >= 11 is 0. The highest BCUT2D eigenvalue weighted by atomic mass is 31.2. The Morgan fingerprint density at radius 1 is 1.00 bits per heavy atom. The van der Waals surface area contributed by atoms with Gasteiger partial charge in [-0.3, -0.25) is 4.57 Å². The molecule has 1 N–H and O–H groups in total. The van der Waals surface area contributed by atoms with Crippen molar-refractivity contribution < 1.29 is 18.7 Å². The molecule has 4 aliphatic carbocycles. The summed E-state index contributed by atoms with van der Waals surface area (Å²) in [5.74, 6) is 2.95. The second kappa shape index (κ2) is 5.36. The van der Waals surface area contributed by atoms with Crippen LogP contribution in [0.5, 0.6) is 5.75 Å². The molecule has 1 unspecified atom stereocenters. The monoisotopic (exact) mass is 322 g/mol. The fourth-order valence-electron chi connectivity index (χ4n) is 5.05. The summed E-state index contributed by atoms with van der Waals surface area (Å²) < 4.78 is 24.6. The zero-order valence-corrected chi connectivity index (χ0v) is 13.7. The number of hydrogen-bond acceptors (Lipinski definition) is 4. The van der Waals surface area contributed by atoms with E-state index in [9.17, 15) is 9.67 Å². The fourth-order valence-corrected chi connectivity index (χ4v) is 6.65. The maximum Gasteiger partial charge on any atom is 0.361 e. The molecule has 22 heavy (non-hydrogen) atoms. The molecule has 1 aromatic carbocycles. The Kier molecular flexibility index (Phi) is 3.60. The number of phenolic OH excluding ortho intramolecular Hbond substituents is 1. The van der Waals surface area contributed by atoms with E-state index in [0.717, 1.165) is 11.8 Å². The molecular weight excluding hydrogens is 299 g/mol. The molecular formula is C17H23O4P. The lowest BCUT2D eigenvalue weighted by Gasteiger charge is -2.54. The molecule has 4 fully saturated rings. The van der Waals surface area contributed by atoms with Crippen LogP contribution >= 0.6 is 7.60 Å². The Morgan fingerprint density at radius 2 is 1.55 bits per heavy atom. The average Bonchev–Trinajstić information content (AvgIpc) is 2.50. The third kappa shape index (κ3) is 2.42. The molecule has 0 amide bonds. The summed E-state index contributed by atoms with van der Waals surface area (Å²) in [5.41, 5.74) is 0. The van der Waals surface area contributed by atoms with E-state index in [4.69, 9.17) is 9.05 Å². The first-order chi connectivity index (χ1) is 10.6. The molecule has 0 spiro atoms. The van der Waals surface area contributed by atoms with Gasteiger partial charge >= 0.3 is 7.60 Å². The minimum absolute atomic E-state index is 0.0624. The van der Waals surface area contributed by atoms with Crippen molar-refractivity contribution >= 4 is 12.9 Å². The molecule has 120 valence electrons. The zero-order chi connectivity index (χ0) is 15.3. The van der Waals surface area contributed by atoms with Crippen LogP contribution in [0.25, 0.3) is 0 Å². The van der Waals surface area contributed by atoms with E-state index in [1.807, 2.05) is 0 Å². The van der Waals surface area contributed by atoms with Crippen LogP contribution in [0.15, 0.2) is 24.3 Å². The third-order valence-corrected chi connectivity index (χ3v) is 7.74. The lowest BCUT2D eigenvalue weighted by atomic mass is 9.55. The number of hydrogen-bond donors (Lipinski definition) is 1. The number of phenols is 1. The molecule has 0 radical (unpaired) electrons. The summed E-state index contributed by atoms with van der Waals surface area (Å²) in [7, 11) is -1.86. The molecule has 0 aromatic heterocycles. The van der Waals surface area contributed by atoms with E-state index in [1.165, 1.54) is 51.3 Å². The number of benzene rings is 1. The van der Waals surface area contributed by atoms with Crippen LogP contribution < -0.4 is 5.30 Å². The van der Waals surface area contributed by atoms with Gasteiger partial charge in [0.1, 0.15) is 5.75 Å². The Balaban J connectivity index is 1.58. The Labute approximate surface area is 131 Å². The van der Waals surface area contributed by atoms with Gasteiger partial charge in [0.25, 0.3) is 0 Å². The summed E-state index contributed by atoms with van der Waals surface area (Å²) in [6, 6.07) is 6.33. The van der Waals surface area contributed by atoms with Crippen LogP contribution in [0.1, 0.15) is 32.1 Å². The van der Waals surface area contributed by atoms with Crippen molar-refractivity contribution in [2.75, 3.05) is 7.11 Å². The highest BCUT2D eigenvalue weighted by Gasteiger charge is 2.51. The van der Waals surface area contributed by atoms with Crippen molar-refractivity contribution in [3.05, 3.63) is 24.3 Å². The van der Waals surface area contributed by atoms with E-state index < -0.39 is 7.60 Å². The van der Waals surface area contributed by atoms with E-state index in [1.54, 1.807) is 12.1 Å². The predicted octanol–water partition coefficient (Wildman–Crippen LogP) is 3.70. The normalized spacial score (nSPS) is 38.9. The molecule has 4 bridgehead atoms. The van der Waals surface area contributed by atoms with Crippen molar-refractivity contribution in [2.45, 2.75) is 38.2 Å². The highest BCUT2D eigenvalue weighted by Crippen LogP contribution is 2.59. The topological polar surface area (TPSA) is 55.8 Å². The average molecular weight is 322 g/mol. The van der Waals surface area contributed by atoms with Crippen molar-refractivity contribution in [3.8, 4) is 5.75 Å². The van der Waals surface area contributed by atoms with Gasteiger partial charge in [0.05, 0.1) is 11.4 Å². The van der Waals surface area contributed by atoms with Crippen molar-refractivity contribution in [3.63, 3.8) is 0 Å². The Morgan fingerprint density at radius 3 is 2.05 bits per heavy atom. The van der Waals surface area contributed by atoms with Crippen LogP contribution in [-0.4, -0.2) is 18.3 Å². The lowest BCUT2D eigenvalue weighted by Crippen LogP contribution is -2.49. The van der Waals surface area contributed by atoms with Crippen LogP contribution in [0.3, 0.4) is 0 Å². The van der Waals surface area contributed by atoms with Gasteiger partial charge in [-0.2, -0.15) is 0 Å². The molecule has 0 saturated heterocycles. The standard InChI is InChI=1S/C17H23O4P/c1-20-22(19,16-4-2-15(18)3-5-16)21-17-13-7-11-6-12(9-13)10-14(17)8-11/h2-5,11-14,17-18H,6-10H2,1H3. The van der Waals surface area contributed by atoms with Crippen molar-refractivity contribution in [1.82, 2.24) is 0 Å². The van der Waals surface area contributed by atoms with Gasteiger partial charge in [-0.05, 0) is 80.0 Å². The minimum Gasteiger partial charge on any atom is -0.508 e. The lowest BCUT2D eigenvalue weighted by molar-refractivity contribution is -0.0820. The minimum atomic E-state index is -3.31. The SMILES string of the molecule is COP(=O)(OC1C2CC3CC(C2)CC1C3)c1ccc(O)cc1.